The quantitative estimate of drug-likeness (QED) is 0.893. The lowest BCUT2D eigenvalue weighted by molar-refractivity contribution is -0.142. The number of hydrogen-bond donors (Lipinski definition) is 2. The predicted molar refractivity (Wildman–Crippen MR) is 69.7 cm³/mol. The highest BCUT2D eigenvalue weighted by atomic mass is 35.5. The van der Waals surface area contributed by atoms with Crippen molar-refractivity contribution in [3.8, 4) is 0 Å². The molecule has 1 fully saturated rings. The van der Waals surface area contributed by atoms with Crippen molar-refractivity contribution in [2.45, 2.75) is 6.04 Å². The third kappa shape index (κ3) is 3.18. The Morgan fingerprint density at radius 3 is 2.74 bits per heavy atom. The molecule has 2 N–H and O–H groups in total. The van der Waals surface area contributed by atoms with Crippen LogP contribution in [0.25, 0.3) is 0 Å². The molecule has 7 heteroatoms. The number of nitrogens with one attached hydrogen (secondary N) is 1. The molecule has 1 aromatic carbocycles. The molecule has 0 aliphatic carbocycles. The van der Waals surface area contributed by atoms with Crippen molar-refractivity contribution in [3.63, 3.8) is 0 Å². The zero-order valence-corrected chi connectivity index (χ0v) is 11.2. The maximum atomic E-state index is 12.0. The number of carbonyl (C=O) groups excluding carboxylic acids is 1. The van der Waals surface area contributed by atoms with E-state index in [1.54, 1.807) is 6.07 Å². The molecule has 0 bridgehead atoms. The maximum absolute atomic E-state index is 12.0. The summed E-state index contributed by atoms with van der Waals surface area (Å²) < 4.78 is 5.07. The van der Waals surface area contributed by atoms with Crippen molar-refractivity contribution < 1.29 is 19.4 Å². The summed E-state index contributed by atoms with van der Waals surface area (Å²) in [6.45, 7) is 0.254. The van der Waals surface area contributed by atoms with Crippen LogP contribution in [0.2, 0.25) is 10.0 Å². The Bertz CT molecular complexity index is 520. The van der Waals surface area contributed by atoms with Gasteiger partial charge < -0.3 is 15.2 Å². The number of carboxylic acid groups (broad SMARTS) is 1. The first-order chi connectivity index (χ1) is 8.99. The van der Waals surface area contributed by atoms with Gasteiger partial charge in [-0.25, -0.2) is 0 Å². The van der Waals surface area contributed by atoms with Crippen molar-refractivity contribution in [3.05, 3.63) is 33.8 Å². The van der Waals surface area contributed by atoms with Crippen LogP contribution >= 0.6 is 23.2 Å². The molecule has 1 saturated heterocycles. The Morgan fingerprint density at radius 2 is 2.05 bits per heavy atom. The highest BCUT2D eigenvalue weighted by Crippen LogP contribution is 2.21. The van der Waals surface area contributed by atoms with Crippen LogP contribution in [0.1, 0.15) is 10.4 Å². The van der Waals surface area contributed by atoms with E-state index in [1.807, 2.05) is 0 Å². The number of halogens is 2. The van der Waals surface area contributed by atoms with E-state index in [2.05, 4.69) is 5.32 Å². The second kappa shape index (κ2) is 5.77. The van der Waals surface area contributed by atoms with E-state index in [4.69, 9.17) is 33.0 Å². The summed E-state index contributed by atoms with van der Waals surface area (Å²) in [6.07, 6.45) is 0. The molecule has 0 saturated carbocycles. The zero-order valence-electron chi connectivity index (χ0n) is 9.73. The van der Waals surface area contributed by atoms with Gasteiger partial charge in [0.15, 0.2) is 0 Å². The van der Waals surface area contributed by atoms with Crippen molar-refractivity contribution >= 4 is 35.1 Å². The highest BCUT2D eigenvalue weighted by molar-refractivity contribution is 6.35. The van der Waals surface area contributed by atoms with Crippen LogP contribution < -0.4 is 5.32 Å². The van der Waals surface area contributed by atoms with Gasteiger partial charge in [-0.3, -0.25) is 9.59 Å². The Balaban J connectivity index is 2.12. The molecule has 2 atom stereocenters. The fourth-order valence-electron chi connectivity index (χ4n) is 1.86. The van der Waals surface area contributed by atoms with Gasteiger partial charge in [0, 0.05) is 5.02 Å². The normalized spacial score (nSPS) is 22.2. The molecule has 1 amide bonds. The number of carboxylic acids is 1. The lowest BCUT2D eigenvalue weighted by atomic mass is 10.0. The van der Waals surface area contributed by atoms with E-state index in [0.29, 0.717) is 5.02 Å². The number of rotatable bonds is 3. The molecular weight excluding hydrogens is 293 g/mol. The molecule has 2 unspecified atom stereocenters. The van der Waals surface area contributed by atoms with Gasteiger partial charge in [-0.2, -0.15) is 0 Å². The number of ether oxygens (including phenoxy) is 1. The first kappa shape index (κ1) is 14.1. The SMILES string of the molecule is O=C(NC1COCC1C(=O)O)c1cc(Cl)ccc1Cl. The maximum Gasteiger partial charge on any atom is 0.311 e. The molecule has 1 aliphatic heterocycles. The summed E-state index contributed by atoms with van der Waals surface area (Å²) >= 11 is 11.7. The molecule has 1 aliphatic rings. The third-order valence-corrected chi connectivity index (χ3v) is 3.45. The molecular formula is C12H11Cl2NO4. The predicted octanol–water partition coefficient (Wildman–Crippen LogP) is 1.82. The smallest absolute Gasteiger partial charge is 0.311 e. The van der Waals surface area contributed by atoms with Crippen LogP contribution in [0.15, 0.2) is 18.2 Å². The summed E-state index contributed by atoms with van der Waals surface area (Å²) in [5.41, 5.74) is 0.213. The highest BCUT2D eigenvalue weighted by Gasteiger charge is 2.35. The number of benzene rings is 1. The summed E-state index contributed by atoms with van der Waals surface area (Å²) in [4.78, 5) is 23.0. The van der Waals surface area contributed by atoms with E-state index in [9.17, 15) is 9.59 Å². The number of hydrogen-bond acceptors (Lipinski definition) is 3. The van der Waals surface area contributed by atoms with Crippen molar-refractivity contribution in [2.75, 3.05) is 13.2 Å². The van der Waals surface area contributed by atoms with Crippen LogP contribution in [-0.2, 0) is 9.53 Å². The van der Waals surface area contributed by atoms with Gasteiger partial charge in [-0.15, -0.1) is 0 Å². The van der Waals surface area contributed by atoms with Crippen molar-refractivity contribution in [1.29, 1.82) is 0 Å². The van der Waals surface area contributed by atoms with Crippen LogP contribution in [-0.4, -0.2) is 36.2 Å². The van der Waals surface area contributed by atoms with Gasteiger partial charge in [0.25, 0.3) is 5.91 Å². The Kier molecular flexibility index (Phi) is 4.29. The largest absolute Gasteiger partial charge is 0.481 e. The van der Waals surface area contributed by atoms with E-state index in [1.165, 1.54) is 12.1 Å². The molecule has 5 nitrogen and oxygen atoms in total. The van der Waals surface area contributed by atoms with Gasteiger partial charge in [-0.1, -0.05) is 23.2 Å². The second-order valence-electron chi connectivity index (χ2n) is 4.19. The number of carbonyl (C=O) groups is 2. The molecule has 0 aromatic heterocycles. The van der Waals surface area contributed by atoms with Gasteiger partial charge >= 0.3 is 5.97 Å². The van der Waals surface area contributed by atoms with Gasteiger partial charge in [-0.05, 0) is 18.2 Å². The molecule has 1 aromatic rings. The van der Waals surface area contributed by atoms with Crippen LogP contribution in [0.4, 0.5) is 0 Å². The van der Waals surface area contributed by atoms with Gasteiger partial charge in [0.2, 0.25) is 0 Å². The van der Waals surface area contributed by atoms with E-state index in [0.717, 1.165) is 0 Å². The minimum absolute atomic E-state index is 0.0869. The Hall–Kier alpha value is -1.30. The lowest BCUT2D eigenvalue weighted by Crippen LogP contribution is -2.42. The summed E-state index contributed by atoms with van der Waals surface area (Å²) in [5.74, 6) is -2.21. The minimum atomic E-state index is -1.00. The number of amides is 1. The minimum Gasteiger partial charge on any atom is -0.481 e. The molecule has 2 rings (SSSR count). The van der Waals surface area contributed by atoms with E-state index < -0.39 is 23.8 Å². The second-order valence-corrected chi connectivity index (χ2v) is 5.03. The zero-order chi connectivity index (χ0) is 14.0. The Labute approximate surface area is 119 Å². The Morgan fingerprint density at radius 1 is 1.32 bits per heavy atom. The molecule has 1 heterocycles. The molecule has 19 heavy (non-hydrogen) atoms. The van der Waals surface area contributed by atoms with Gasteiger partial charge in [0.1, 0.15) is 5.92 Å². The third-order valence-electron chi connectivity index (χ3n) is 2.89. The van der Waals surface area contributed by atoms with Crippen molar-refractivity contribution in [2.24, 2.45) is 5.92 Å². The summed E-state index contributed by atoms with van der Waals surface area (Å²) in [6, 6.07) is 3.95. The monoisotopic (exact) mass is 303 g/mol. The first-order valence-electron chi connectivity index (χ1n) is 5.55. The first-order valence-corrected chi connectivity index (χ1v) is 6.31. The van der Waals surface area contributed by atoms with Crippen molar-refractivity contribution in [1.82, 2.24) is 5.32 Å². The average Bonchev–Trinajstić information content (AvgIpc) is 2.80. The fourth-order valence-corrected chi connectivity index (χ4v) is 2.23. The average molecular weight is 304 g/mol. The summed E-state index contributed by atoms with van der Waals surface area (Å²) in [7, 11) is 0. The molecule has 0 spiro atoms. The molecule has 102 valence electrons. The number of aliphatic carboxylic acids is 1. The van der Waals surface area contributed by atoms with E-state index in [-0.39, 0.29) is 23.8 Å². The standard InChI is InChI=1S/C12H11Cl2NO4/c13-6-1-2-9(14)7(3-6)11(16)15-10-5-19-4-8(10)12(17)18/h1-3,8,10H,4-5H2,(H,15,16)(H,17,18). The topological polar surface area (TPSA) is 75.6 Å². The van der Waals surface area contributed by atoms with Crippen LogP contribution in [0, 0.1) is 5.92 Å². The van der Waals surface area contributed by atoms with Crippen LogP contribution in [0.5, 0.6) is 0 Å². The fraction of sp³-hybridized carbons (Fsp3) is 0.333. The van der Waals surface area contributed by atoms with Crippen LogP contribution in [0.3, 0.4) is 0 Å². The van der Waals surface area contributed by atoms with Gasteiger partial charge in [0.05, 0.1) is 29.8 Å². The summed E-state index contributed by atoms with van der Waals surface area (Å²) in [5, 5.41) is 12.2. The lowest BCUT2D eigenvalue weighted by Gasteiger charge is -2.16. The molecule has 0 radical (unpaired) electrons. The van der Waals surface area contributed by atoms with E-state index >= 15 is 0 Å².